The number of hydrogen-bond acceptors (Lipinski definition) is 5. The summed E-state index contributed by atoms with van der Waals surface area (Å²) < 4.78 is 1.40. The Morgan fingerprint density at radius 2 is 2.25 bits per heavy atom. The highest BCUT2D eigenvalue weighted by Gasteiger charge is 2.21. The van der Waals surface area contributed by atoms with E-state index in [0.717, 1.165) is 0 Å². The monoisotopic (exact) mass is 231 g/mol. The Balaban J connectivity index is 0.000000673. The number of hydrogen-bond donors (Lipinski definition) is 2. The van der Waals surface area contributed by atoms with Gasteiger partial charge in [0.2, 0.25) is 0 Å². The zero-order chi connectivity index (χ0) is 12.7. The molecule has 1 atom stereocenters. The van der Waals surface area contributed by atoms with Crippen LogP contribution in [-0.2, 0) is 4.79 Å². The molecule has 0 spiro atoms. The summed E-state index contributed by atoms with van der Waals surface area (Å²) >= 11 is 0. The smallest absolute Gasteiger partial charge is 0.343 e. The van der Waals surface area contributed by atoms with E-state index in [-0.39, 0.29) is 24.9 Å². The first-order chi connectivity index (χ1) is 7.49. The molecule has 0 aromatic carbocycles. The zero-order valence-electron chi connectivity index (χ0n) is 8.90. The third kappa shape index (κ3) is 3.31. The maximum Gasteiger partial charge on any atom is 0.343 e. The van der Waals surface area contributed by atoms with Gasteiger partial charge in [0.1, 0.15) is 12.2 Å². The first kappa shape index (κ1) is 14.0. The Bertz CT molecular complexity index is 363. The molecule has 0 aliphatic heterocycles. The van der Waals surface area contributed by atoms with Gasteiger partial charge >= 0.3 is 5.82 Å². The number of carboxylic acid groups (broad SMARTS) is 1. The molecule has 0 saturated carbocycles. The zero-order valence-corrected chi connectivity index (χ0v) is 8.90. The topological polar surface area (TPSA) is 118 Å². The fourth-order valence-electron chi connectivity index (χ4n) is 1.20. The number of aromatic nitrogens is 2. The van der Waals surface area contributed by atoms with Crippen molar-refractivity contribution in [1.82, 2.24) is 9.55 Å². The molecule has 8 nitrogen and oxygen atoms in total. The van der Waals surface area contributed by atoms with Crippen LogP contribution >= 0.6 is 0 Å². The molecule has 1 aromatic rings. The van der Waals surface area contributed by atoms with Crippen LogP contribution in [0, 0.1) is 17.0 Å². The van der Waals surface area contributed by atoms with Gasteiger partial charge in [-0.1, -0.05) is 0 Å². The van der Waals surface area contributed by atoms with Crippen molar-refractivity contribution in [3.8, 4) is 0 Å². The molecule has 0 saturated heterocycles. The minimum Gasteiger partial charge on any atom is -0.483 e. The van der Waals surface area contributed by atoms with Gasteiger partial charge in [-0.3, -0.25) is 4.79 Å². The summed E-state index contributed by atoms with van der Waals surface area (Å²) in [6.07, 6.45) is 1.20. The predicted molar refractivity (Wildman–Crippen MR) is 54.1 cm³/mol. The van der Waals surface area contributed by atoms with Crippen LogP contribution in [0.1, 0.15) is 18.8 Å². The Labute approximate surface area is 91.3 Å². The van der Waals surface area contributed by atoms with Crippen LogP contribution in [0.4, 0.5) is 5.82 Å². The van der Waals surface area contributed by atoms with Gasteiger partial charge < -0.3 is 20.3 Å². The lowest BCUT2D eigenvalue weighted by atomic mass is 10.3. The molecule has 2 N–H and O–H groups in total. The summed E-state index contributed by atoms with van der Waals surface area (Å²) in [5, 5.41) is 26.3. The van der Waals surface area contributed by atoms with Gasteiger partial charge in [0.15, 0.2) is 5.82 Å². The first-order valence-corrected chi connectivity index (χ1v) is 4.36. The van der Waals surface area contributed by atoms with E-state index in [9.17, 15) is 10.1 Å². The quantitative estimate of drug-likeness (QED) is 0.440. The molecule has 0 aliphatic rings. The second kappa shape index (κ2) is 6.51. The summed E-state index contributed by atoms with van der Waals surface area (Å²) in [7, 11) is 0. The minimum atomic E-state index is -0.508. The van der Waals surface area contributed by atoms with E-state index < -0.39 is 4.92 Å². The minimum absolute atomic E-state index is 0.0842. The van der Waals surface area contributed by atoms with E-state index in [4.69, 9.17) is 15.0 Å². The highest BCUT2D eigenvalue weighted by Crippen LogP contribution is 2.19. The predicted octanol–water partition coefficient (Wildman–Crippen LogP) is 0.354. The van der Waals surface area contributed by atoms with Crippen molar-refractivity contribution in [3.63, 3.8) is 0 Å². The van der Waals surface area contributed by atoms with Crippen LogP contribution < -0.4 is 0 Å². The molecular formula is C8H13N3O5. The molecule has 0 bridgehead atoms. The summed E-state index contributed by atoms with van der Waals surface area (Å²) in [5.41, 5.74) is 0. The van der Waals surface area contributed by atoms with Crippen LogP contribution in [0.5, 0.6) is 0 Å². The molecule has 1 unspecified atom stereocenters. The van der Waals surface area contributed by atoms with Crippen molar-refractivity contribution in [2.75, 3.05) is 6.61 Å². The van der Waals surface area contributed by atoms with Crippen molar-refractivity contribution < 1.29 is 19.9 Å². The lowest BCUT2D eigenvalue weighted by molar-refractivity contribution is -0.392. The molecule has 0 radical (unpaired) electrons. The lowest BCUT2D eigenvalue weighted by Gasteiger charge is -2.07. The van der Waals surface area contributed by atoms with Crippen LogP contribution in [0.2, 0.25) is 0 Å². The number of nitrogens with zero attached hydrogens (tertiary/aromatic N) is 3. The average Bonchev–Trinajstić information content (AvgIpc) is 2.60. The highest BCUT2D eigenvalue weighted by molar-refractivity contribution is 5.32. The van der Waals surface area contributed by atoms with Crippen molar-refractivity contribution in [2.24, 2.45) is 0 Å². The molecule has 1 heterocycles. The Morgan fingerprint density at radius 1 is 1.75 bits per heavy atom. The SMILES string of the molecule is Cc1ncc([N+](=O)[O-])n1C(C)CO.O=CO. The van der Waals surface area contributed by atoms with Gasteiger partial charge in [-0.2, -0.15) is 0 Å². The van der Waals surface area contributed by atoms with Crippen LogP contribution in [-0.4, -0.2) is 37.8 Å². The number of nitro groups is 1. The standard InChI is InChI=1S/C7H11N3O3.CH2O2/c1-5(4-11)9-6(2)8-3-7(9)10(12)13;2-1-3/h3,5,11H,4H2,1-2H3;1H,(H,2,3). The van der Waals surface area contributed by atoms with Gasteiger partial charge in [0.05, 0.1) is 6.61 Å². The normalized spacial score (nSPS) is 11.2. The van der Waals surface area contributed by atoms with E-state index in [1.54, 1.807) is 13.8 Å². The van der Waals surface area contributed by atoms with E-state index in [0.29, 0.717) is 5.82 Å². The van der Waals surface area contributed by atoms with E-state index in [1.807, 2.05) is 0 Å². The Hall–Kier alpha value is -1.96. The van der Waals surface area contributed by atoms with Crippen molar-refractivity contribution in [1.29, 1.82) is 0 Å². The Kier molecular flexibility index (Phi) is 5.71. The third-order valence-corrected chi connectivity index (χ3v) is 1.85. The number of aryl methyl sites for hydroxylation is 1. The van der Waals surface area contributed by atoms with Gasteiger partial charge in [-0.05, 0) is 11.8 Å². The number of imidazole rings is 1. The van der Waals surface area contributed by atoms with Gasteiger partial charge in [0.25, 0.3) is 6.47 Å². The third-order valence-electron chi connectivity index (χ3n) is 1.85. The molecule has 0 fully saturated rings. The van der Waals surface area contributed by atoms with Gasteiger partial charge in [-0.25, -0.2) is 9.55 Å². The molecule has 1 aromatic heterocycles. The van der Waals surface area contributed by atoms with Gasteiger partial charge in [-0.15, -0.1) is 0 Å². The number of carbonyl (C=O) groups is 1. The maximum absolute atomic E-state index is 10.5. The lowest BCUT2D eigenvalue weighted by Crippen LogP contribution is -2.13. The molecule has 90 valence electrons. The van der Waals surface area contributed by atoms with E-state index in [2.05, 4.69) is 4.98 Å². The van der Waals surface area contributed by atoms with Crippen molar-refractivity contribution in [3.05, 3.63) is 22.1 Å². The molecule has 0 aliphatic carbocycles. The summed E-state index contributed by atoms with van der Waals surface area (Å²) in [6.45, 7) is 2.97. The second-order valence-corrected chi connectivity index (χ2v) is 2.93. The first-order valence-electron chi connectivity index (χ1n) is 4.36. The van der Waals surface area contributed by atoms with E-state index in [1.165, 1.54) is 10.8 Å². The molecule has 0 amide bonds. The molecular weight excluding hydrogens is 218 g/mol. The van der Waals surface area contributed by atoms with Crippen LogP contribution in [0.3, 0.4) is 0 Å². The van der Waals surface area contributed by atoms with Crippen LogP contribution in [0.25, 0.3) is 0 Å². The number of aliphatic hydroxyl groups is 1. The van der Waals surface area contributed by atoms with Crippen molar-refractivity contribution >= 4 is 12.3 Å². The Morgan fingerprint density at radius 3 is 2.62 bits per heavy atom. The largest absolute Gasteiger partial charge is 0.483 e. The fraction of sp³-hybridized carbons (Fsp3) is 0.500. The summed E-state index contributed by atoms with van der Waals surface area (Å²) in [4.78, 5) is 22.2. The second-order valence-electron chi connectivity index (χ2n) is 2.93. The highest BCUT2D eigenvalue weighted by atomic mass is 16.6. The molecule has 16 heavy (non-hydrogen) atoms. The summed E-state index contributed by atoms with van der Waals surface area (Å²) in [6, 6.07) is -0.317. The van der Waals surface area contributed by atoms with Gasteiger partial charge in [0, 0.05) is 6.92 Å². The fourth-order valence-corrected chi connectivity index (χ4v) is 1.20. The maximum atomic E-state index is 10.5. The average molecular weight is 231 g/mol. The van der Waals surface area contributed by atoms with Crippen molar-refractivity contribution in [2.45, 2.75) is 19.9 Å². The van der Waals surface area contributed by atoms with Crippen LogP contribution in [0.15, 0.2) is 6.20 Å². The summed E-state index contributed by atoms with van der Waals surface area (Å²) in [5.74, 6) is 0.451. The number of rotatable bonds is 3. The number of aliphatic hydroxyl groups excluding tert-OH is 1. The molecule has 1 rings (SSSR count). The molecule has 8 heteroatoms. The van der Waals surface area contributed by atoms with E-state index >= 15 is 0 Å².